The van der Waals surface area contributed by atoms with E-state index in [9.17, 15) is 14.4 Å². The lowest BCUT2D eigenvalue weighted by molar-refractivity contribution is -0.136. The van der Waals surface area contributed by atoms with Crippen molar-refractivity contribution in [3.8, 4) is 0 Å². The molecule has 0 bridgehead atoms. The molecule has 4 rings (SSSR count). The van der Waals surface area contributed by atoms with Gasteiger partial charge in [0, 0.05) is 0 Å². The molecule has 0 saturated carbocycles. The molecule has 2 heterocycles. The first-order chi connectivity index (χ1) is 13.5. The summed E-state index contributed by atoms with van der Waals surface area (Å²) in [4.78, 5) is 40.0. The van der Waals surface area contributed by atoms with Gasteiger partial charge in [-0.15, -0.1) is 0 Å². The number of imide groups is 1. The molecule has 0 N–H and O–H groups in total. The van der Waals surface area contributed by atoms with Crippen LogP contribution in [-0.2, 0) is 19.1 Å². The summed E-state index contributed by atoms with van der Waals surface area (Å²) in [5.74, 6) is -2.55. The lowest BCUT2D eigenvalue weighted by Crippen LogP contribution is -2.39. The van der Waals surface area contributed by atoms with E-state index in [2.05, 4.69) is 5.10 Å². The highest BCUT2D eigenvalue weighted by Gasteiger charge is 2.59. The fourth-order valence-electron chi connectivity index (χ4n) is 3.53. The van der Waals surface area contributed by atoms with Gasteiger partial charge in [-0.1, -0.05) is 35.9 Å². The second kappa shape index (κ2) is 6.92. The van der Waals surface area contributed by atoms with Gasteiger partial charge in [-0.25, -0.2) is 9.69 Å². The molecule has 7 heteroatoms. The van der Waals surface area contributed by atoms with Crippen molar-refractivity contribution in [2.24, 2.45) is 11.0 Å². The van der Waals surface area contributed by atoms with Crippen molar-refractivity contribution in [2.75, 3.05) is 16.5 Å². The molecule has 2 aliphatic rings. The third-order valence-electron chi connectivity index (χ3n) is 4.85. The summed E-state index contributed by atoms with van der Waals surface area (Å²) in [7, 11) is 0. The van der Waals surface area contributed by atoms with Crippen LogP contribution in [0.1, 0.15) is 12.5 Å². The second-order valence-corrected chi connectivity index (χ2v) is 6.66. The molecule has 28 heavy (non-hydrogen) atoms. The van der Waals surface area contributed by atoms with Crippen LogP contribution in [0, 0.1) is 12.8 Å². The number of hydrogen-bond acceptors (Lipinski definition) is 6. The number of para-hydroxylation sites is 1. The maximum atomic E-state index is 13.2. The quantitative estimate of drug-likeness (QED) is 0.603. The molecule has 0 radical (unpaired) electrons. The Morgan fingerprint density at radius 3 is 2.32 bits per heavy atom. The van der Waals surface area contributed by atoms with Crippen molar-refractivity contribution in [2.45, 2.75) is 19.9 Å². The number of ether oxygens (including phenoxy) is 1. The van der Waals surface area contributed by atoms with Crippen LogP contribution >= 0.6 is 0 Å². The van der Waals surface area contributed by atoms with Crippen LogP contribution in [0.3, 0.4) is 0 Å². The third-order valence-corrected chi connectivity index (χ3v) is 4.85. The van der Waals surface area contributed by atoms with Crippen LogP contribution in [0.4, 0.5) is 11.4 Å². The Morgan fingerprint density at radius 2 is 1.68 bits per heavy atom. The van der Waals surface area contributed by atoms with Crippen molar-refractivity contribution in [1.82, 2.24) is 0 Å². The summed E-state index contributed by atoms with van der Waals surface area (Å²) >= 11 is 0. The fourth-order valence-corrected chi connectivity index (χ4v) is 3.53. The van der Waals surface area contributed by atoms with Gasteiger partial charge >= 0.3 is 5.97 Å². The standard InChI is InChI=1S/C21H19N3O4/c1-3-28-21(27)17-16-18(24(22-17)15-7-5-4-6-8-15)20(26)23(19(16)25)14-11-9-13(2)10-12-14/h4-12,16,18H,3H2,1-2H3/t16-,18+/m0/s1. The molecule has 1 fully saturated rings. The van der Waals surface area contributed by atoms with E-state index in [1.165, 1.54) is 5.01 Å². The molecule has 2 aromatic rings. The SMILES string of the molecule is CCOC(=O)C1=NN(c2ccccc2)[C@H]2C(=O)N(c3ccc(C)cc3)C(=O)[C@@H]12. The van der Waals surface area contributed by atoms with E-state index in [-0.39, 0.29) is 12.3 Å². The summed E-state index contributed by atoms with van der Waals surface area (Å²) in [5, 5.41) is 5.76. The molecule has 0 unspecified atom stereocenters. The number of benzene rings is 2. The number of nitrogens with zero attached hydrogens (tertiary/aromatic N) is 3. The number of carbonyl (C=O) groups is 3. The van der Waals surface area contributed by atoms with Crippen molar-refractivity contribution >= 4 is 34.9 Å². The van der Waals surface area contributed by atoms with E-state index in [0.29, 0.717) is 11.4 Å². The smallest absolute Gasteiger partial charge is 0.355 e. The minimum Gasteiger partial charge on any atom is -0.461 e. The molecular formula is C21H19N3O4. The molecule has 2 atom stereocenters. The summed E-state index contributed by atoms with van der Waals surface area (Å²) in [5.41, 5.74) is 2.08. The lowest BCUT2D eigenvalue weighted by Gasteiger charge is -2.22. The summed E-state index contributed by atoms with van der Waals surface area (Å²) in [6.07, 6.45) is 0. The first-order valence-corrected chi connectivity index (χ1v) is 9.07. The number of amides is 2. The Balaban J connectivity index is 1.78. The molecule has 7 nitrogen and oxygen atoms in total. The maximum Gasteiger partial charge on any atom is 0.355 e. The highest BCUT2D eigenvalue weighted by molar-refractivity contribution is 6.47. The zero-order chi connectivity index (χ0) is 19.8. The number of aryl methyl sites for hydroxylation is 1. The number of fused-ring (bicyclic) bond motifs is 1. The molecule has 0 aliphatic carbocycles. The molecule has 1 saturated heterocycles. The van der Waals surface area contributed by atoms with Crippen molar-refractivity contribution in [3.63, 3.8) is 0 Å². The monoisotopic (exact) mass is 377 g/mol. The Bertz CT molecular complexity index is 969. The largest absolute Gasteiger partial charge is 0.461 e. The number of esters is 1. The van der Waals surface area contributed by atoms with Gasteiger partial charge in [0.15, 0.2) is 5.71 Å². The van der Waals surface area contributed by atoms with Gasteiger partial charge in [-0.3, -0.25) is 14.6 Å². The Morgan fingerprint density at radius 1 is 1.00 bits per heavy atom. The van der Waals surface area contributed by atoms with Gasteiger partial charge < -0.3 is 4.74 Å². The van der Waals surface area contributed by atoms with Gasteiger partial charge in [0.2, 0.25) is 5.91 Å². The van der Waals surface area contributed by atoms with E-state index in [1.807, 2.05) is 25.1 Å². The summed E-state index contributed by atoms with van der Waals surface area (Å²) in [6.45, 7) is 3.76. The number of rotatable bonds is 4. The van der Waals surface area contributed by atoms with Gasteiger partial charge in [0.25, 0.3) is 5.91 Å². The van der Waals surface area contributed by atoms with E-state index in [4.69, 9.17) is 4.74 Å². The number of anilines is 2. The van der Waals surface area contributed by atoms with Crippen LogP contribution < -0.4 is 9.91 Å². The van der Waals surface area contributed by atoms with Crippen LogP contribution in [0.15, 0.2) is 59.7 Å². The van der Waals surface area contributed by atoms with E-state index >= 15 is 0 Å². The molecule has 2 amide bonds. The molecule has 2 aliphatic heterocycles. The zero-order valence-electron chi connectivity index (χ0n) is 15.5. The molecule has 2 aromatic carbocycles. The lowest BCUT2D eigenvalue weighted by atomic mass is 9.98. The number of hydrogen-bond donors (Lipinski definition) is 0. The Hall–Kier alpha value is -3.48. The third kappa shape index (κ3) is 2.76. The van der Waals surface area contributed by atoms with Crippen LogP contribution in [0.5, 0.6) is 0 Å². The van der Waals surface area contributed by atoms with Gasteiger partial charge in [0.05, 0.1) is 18.0 Å². The first-order valence-electron chi connectivity index (χ1n) is 9.07. The van der Waals surface area contributed by atoms with Crippen molar-refractivity contribution in [3.05, 3.63) is 60.2 Å². The average molecular weight is 377 g/mol. The number of hydrazone groups is 1. The number of carbonyl (C=O) groups excluding carboxylic acids is 3. The normalized spacial score (nSPS) is 21.0. The van der Waals surface area contributed by atoms with Crippen molar-refractivity contribution in [1.29, 1.82) is 0 Å². The van der Waals surface area contributed by atoms with E-state index < -0.39 is 29.7 Å². The van der Waals surface area contributed by atoms with E-state index in [1.54, 1.807) is 43.3 Å². The van der Waals surface area contributed by atoms with Crippen LogP contribution in [-0.4, -0.2) is 36.1 Å². The minimum atomic E-state index is -0.993. The topological polar surface area (TPSA) is 79.3 Å². The summed E-state index contributed by atoms with van der Waals surface area (Å²) in [6, 6.07) is 15.2. The molecule has 0 aromatic heterocycles. The molecule has 142 valence electrons. The average Bonchev–Trinajstić information content (AvgIpc) is 3.21. The fraction of sp³-hybridized carbons (Fsp3) is 0.238. The van der Waals surface area contributed by atoms with E-state index in [0.717, 1.165) is 10.5 Å². The zero-order valence-corrected chi connectivity index (χ0v) is 15.5. The summed E-state index contributed by atoms with van der Waals surface area (Å²) < 4.78 is 5.08. The Labute approximate surface area is 162 Å². The first kappa shape index (κ1) is 17.9. The van der Waals surface area contributed by atoms with Gasteiger partial charge in [-0.2, -0.15) is 5.10 Å². The maximum absolute atomic E-state index is 13.2. The van der Waals surface area contributed by atoms with Crippen LogP contribution in [0.2, 0.25) is 0 Å². The highest BCUT2D eigenvalue weighted by Crippen LogP contribution is 2.37. The van der Waals surface area contributed by atoms with Gasteiger partial charge in [-0.05, 0) is 38.1 Å². The molecular weight excluding hydrogens is 358 g/mol. The van der Waals surface area contributed by atoms with Crippen LogP contribution in [0.25, 0.3) is 0 Å². The minimum absolute atomic E-state index is 0.0383. The Kier molecular flexibility index (Phi) is 4.43. The molecule has 0 spiro atoms. The van der Waals surface area contributed by atoms with Crippen molar-refractivity contribution < 1.29 is 19.1 Å². The predicted octanol–water partition coefficient (Wildman–Crippen LogP) is 2.29. The van der Waals surface area contributed by atoms with Gasteiger partial charge in [0.1, 0.15) is 12.0 Å². The predicted molar refractivity (Wildman–Crippen MR) is 104 cm³/mol. The highest BCUT2D eigenvalue weighted by atomic mass is 16.5. The second-order valence-electron chi connectivity index (χ2n) is 6.66.